The third kappa shape index (κ3) is 4.34. The molecule has 5 nitrogen and oxygen atoms in total. The van der Waals surface area contributed by atoms with Gasteiger partial charge in [-0.25, -0.2) is 9.97 Å². The Morgan fingerprint density at radius 1 is 1.24 bits per heavy atom. The molecule has 1 aliphatic carbocycles. The molecule has 0 spiro atoms. The van der Waals surface area contributed by atoms with Gasteiger partial charge in [-0.2, -0.15) is 5.26 Å². The lowest BCUT2D eigenvalue weighted by molar-refractivity contribution is -0.115. The number of nitrogens with zero attached hydrogens (tertiary/aromatic N) is 3. The second kappa shape index (κ2) is 8.76. The van der Waals surface area contributed by atoms with Crippen molar-refractivity contribution >= 4 is 34.0 Å². The van der Waals surface area contributed by atoms with Crippen molar-refractivity contribution in [1.82, 2.24) is 9.97 Å². The number of thiophene rings is 1. The Labute approximate surface area is 178 Å². The smallest absolute Gasteiger partial charge is 0.238 e. The second-order valence-electron chi connectivity index (χ2n) is 6.88. The summed E-state index contributed by atoms with van der Waals surface area (Å²) < 4.78 is 0. The van der Waals surface area contributed by atoms with Crippen LogP contribution in [0.1, 0.15) is 35.8 Å². The molecule has 0 bridgehead atoms. The van der Waals surface area contributed by atoms with Crippen LogP contribution in [0.5, 0.6) is 0 Å². The topological polar surface area (TPSA) is 78.7 Å². The van der Waals surface area contributed by atoms with Gasteiger partial charge in [-0.15, -0.1) is 11.3 Å². The zero-order valence-corrected chi connectivity index (χ0v) is 17.6. The maximum atomic E-state index is 12.8. The van der Waals surface area contributed by atoms with Gasteiger partial charge in [0.15, 0.2) is 0 Å². The van der Waals surface area contributed by atoms with Crippen LogP contribution >= 0.6 is 23.1 Å². The van der Waals surface area contributed by atoms with E-state index in [2.05, 4.69) is 21.4 Å². The molecule has 2 heterocycles. The van der Waals surface area contributed by atoms with E-state index in [0.29, 0.717) is 10.6 Å². The summed E-state index contributed by atoms with van der Waals surface area (Å²) in [6, 6.07) is 14.1. The van der Waals surface area contributed by atoms with Crippen LogP contribution in [0.4, 0.5) is 5.00 Å². The van der Waals surface area contributed by atoms with Crippen molar-refractivity contribution in [3.63, 3.8) is 0 Å². The third-order valence-electron chi connectivity index (χ3n) is 4.90. The fraction of sp³-hybridized carbons (Fsp3) is 0.273. The number of nitriles is 1. The van der Waals surface area contributed by atoms with Gasteiger partial charge in [0.1, 0.15) is 22.4 Å². The number of carbonyl (C=O) groups is 1. The van der Waals surface area contributed by atoms with E-state index >= 15 is 0 Å². The van der Waals surface area contributed by atoms with E-state index in [0.717, 1.165) is 47.5 Å². The molecule has 1 N–H and O–H groups in total. The summed E-state index contributed by atoms with van der Waals surface area (Å²) in [5, 5.41) is 13.6. The molecule has 3 aromatic rings. The average Bonchev–Trinajstić information content (AvgIpc) is 3.11. The SMILES string of the molecule is CC(Sc1cc(-c2ccccc2)ncn1)C(=O)Nc1sc2c(c1C#N)CCCC2. The minimum Gasteiger partial charge on any atom is -0.316 e. The zero-order chi connectivity index (χ0) is 20.2. The summed E-state index contributed by atoms with van der Waals surface area (Å²) >= 11 is 2.94. The van der Waals surface area contributed by atoms with Crippen LogP contribution in [0.2, 0.25) is 0 Å². The van der Waals surface area contributed by atoms with Crippen LogP contribution in [-0.4, -0.2) is 21.1 Å². The lowest BCUT2D eigenvalue weighted by atomic mass is 9.96. The first kappa shape index (κ1) is 19.6. The first-order chi connectivity index (χ1) is 14.2. The fourth-order valence-corrected chi connectivity index (χ4v) is 5.45. The number of hydrogen-bond acceptors (Lipinski definition) is 6. The van der Waals surface area contributed by atoms with Crippen LogP contribution in [0, 0.1) is 11.3 Å². The highest BCUT2D eigenvalue weighted by molar-refractivity contribution is 8.00. The summed E-state index contributed by atoms with van der Waals surface area (Å²) in [5.74, 6) is -0.120. The number of thioether (sulfide) groups is 1. The highest BCUT2D eigenvalue weighted by atomic mass is 32.2. The average molecular weight is 421 g/mol. The summed E-state index contributed by atoms with van der Waals surface area (Å²) in [6.07, 6.45) is 5.71. The van der Waals surface area contributed by atoms with E-state index in [9.17, 15) is 10.1 Å². The molecule has 2 aromatic heterocycles. The van der Waals surface area contributed by atoms with Crippen molar-refractivity contribution in [2.45, 2.75) is 42.9 Å². The molecule has 1 aromatic carbocycles. The predicted octanol–water partition coefficient (Wildman–Crippen LogP) is 5.07. The third-order valence-corrected chi connectivity index (χ3v) is 7.14. The number of hydrogen-bond donors (Lipinski definition) is 1. The van der Waals surface area contributed by atoms with Gasteiger partial charge in [0, 0.05) is 10.4 Å². The Morgan fingerprint density at radius 3 is 2.83 bits per heavy atom. The molecule has 1 aliphatic rings. The van der Waals surface area contributed by atoms with Crippen LogP contribution in [0.25, 0.3) is 11.3 Å². The summed E-state index contributed by atoms with van der Waals surface area (Å²) in [7, 11) is 0. The monoisotopic (exact) mass is 420 g/mol. The molecule has 0 saturated heterocycles. The number of aryl methyl sites for hydroxylation is 1. The number of fused-ring (bicyclic) bond motifs is 1. The Balaban J connectivity index is 1.47. The molecule has 0 fully saturated rings. The summed E-state index contributed by atoms with van der Waals surface area (Å²) in [4.78, 5) is 22.7. The van der Waals surface area contributed by atoms with Gasteiger partial charge >= 0.3 is 0 Å². The number of benzene rings is 1. The highest BCUT2D eigenvalue weighted by Gasteiger charge is 2.24. The molecule has 1 unspecified atom stereocenters. The van der Waals surface area contributed by atoms with Crippen molar-refractivity contribution in [1.29, 1.82) is 5.26 Å². The number of rotatable bonds is 5. The molecule has 7 heteroatoms. The number of aromatic nitrogens is 2. The first-order valence-electron chi connectivity index (χ1n) is 9.55. The molecule has 0 saturated carbocycles. The van der Waals surface area contributed by atoms with E-state index in [1.807, 2.05) is 43.3 Å². The van der Waals surface area contributed by atoms with E-state index in [-0.39, 0.29) is 11.2 Å². The maximum absolute atomic E-state index is 12.8. The van der Waals surface area contributed by atoms with Crippen LogP contribution in [-0.2, 0) is 17.6 Å². The summed E-state index contributed by atoms with van der Waals surface area (Å²) in [6.45, 7) is 1.85. The molecule has 29 heavy (non-hydrogen) atoms. The largest absolute Gasteiger partial charge is 0.316 e. The first-order valence-corrected chi connectivity index (χ1v) is 11.2. The van der Waals surface area contributed by atoms with E-state index in [1.54, 1.807) is 11.3 Å². The Morgan fingerprint density at radius 2 is 2.03 bits per heavy atom. The molecular weight excluding hydrogens is 400 g/mol. The van der Waals surface area contributed by atoms with Crippen molar-refractivity contribution in [3.05, 3.63) is 58.7 Å². The van der Waals surface area contributed by atoms with Gasteiger partial charge in [-0.3, -0.25) is 4.79 Å². The molecular formula is C22H20N4OS2. The quantitative estimate of drug-likeness (QED) is 0.460. The van der Waals surface area contributed by atoms with Gasteiger partial charge in [-0.05, 0) is 44.2 Å². The van der Waals surface area contributed by atoms with Crippen molar-refractivity contribution in [3.8, 4) is 17.3 Å². The van der Waals surface area contributed by atoms with Gasteiger partial charge in [-0.1, -0.05) is 42.1 Å². The van der Waals surface area contributed by atoms with Gasteiger partial charge in [0.25, 0.3) is 0 Å². The normalized spacial score (nSPS) is 13.9. The number of anilines is 1. The molecule has 1 amide bonds. The Bertz CT molecular complexity index is 1070. The molecule has 1 atom stereocenters. The lowest BCUT2D eigenvalue weighted by Crippen LogP contribution is -2.22. The van der Waals surface area contributed by atoms with Crippen molar-refractivity contribution < 1.29 is 4.79 Å². The van der Waals surface area contributed by atoms with E-state index in [4.69, 9.17) is 0 Å². The van der Waals surface area contributed by atoms with Crippen molar-refractivity contribution in [2.75, 3.05) is 5.32 Å². The Hall–Kier alpha value is -2.69. The maximum Gasteiger partial charge on any atom is 0.238 e. The van der Waals surface area contributed by atoms with Gasteiger partial charge in [0.05, 0.1) is 16.5 Å². The molecule has 4 rings (SSSR count). The van der Waals surface area contributed by atoms with E-state index in [1.165, 1.54) is 23.0 Å². The summed E-state index contributed by atoms with van der Waals surface area (Å²) in [5.41, 5.74) is 3.61. The van der Waals surface area contributed by atoms with Crippen LogP contribution < -0.4 is 5.32 Å². The van der Waals surface area contributed by atoms with Gasteiger partial charge in [0.2, 0.25) is 5.91 Å². The lowest BCUT2D eigenvalue weighted by Gasteiger charge is -2.11. The highest BCUT2D eigenvalue weighted by Crippen LogP contribution is 2.38. The molecule has 0 radical (unpaired) electrons. The molecule has 0 aliphatic heterocycles. The van der Waals surface area contributed by atoms with Crippen molar-refractivity contribution in [2.24, 2.45) is 0 Å². The number of nitrogens with one attached hydrogen (secondary N) is 1. The molecule has 146 valence electrons. The second-order valence-corrected chi connectivity index (χ2v) is 9.35. The van der Waals surface area contributed by atoms with Crippen LogP contribution in [0.15, 0.2) is 47.8 Å². The van der Waals surface area contributed by atoms with Crippen LogP contribution in [0.3, 0.4) is 0 Å². The van der Waals surface area contributed by atoms with E-state index < -0.39 is 0 Å². The van der Waals surface area contributed by atoms with Gasteiger partial charge < -0.3 is 5.32 Å². The minimum absolute atomic E-state index is 0.120. The predicted molar refractivity (Wildman–Crippen MR) is 117 cm³/mol. The number of amides is 1. The zero-order valence-electron chi connectivity index (χ0n) is 16.0. The standard InChI is InChI=1S/C22H20N4OS2/c1-14(28-20-11-18(24-13-25-20)15-7-3-2-4-8-15)21(27)26-22-17(12-23)16-9-5-6-10-19(16)29-22/h2-4,7-8,11,13-14H,5-6,9-10H2,1H3,(H,26,27). The minimum atomic E-state index is -0.348. The fourth-order valence-electron chi connectivity index (χ4n) is 3.39. The number of carbonyl (C=O) groups excluding carboxylic acids is 1. The Kier molecular flexibility index (Phi) is 5.93.